The summed E-state index contributed by atoms with van der Waals surface area (Å²) in [5.74, 6) is 0.794. The Balaban J connectivity index is 1.64. The van der Waals surface area contributed by atoms with Gasteiger partial charge in [0.25, 0.3) is 5.91 Å². The smallest absolute Gasteiger partial charge is 0.251 e. The number of hydrogen-bond acceptors (Lipinski definition) is 2. The first-order valence-electron chi connectivity index (χ1n) is 8.13. The molecule has 0 heterocycles. The Labute approximate surface area is 142 Å². The van der Waals surface area contributed by atoms with Crippen LogP contribution in [0.15, 0.2) is 66.7 Å². The fourth-order valence-electron chi connectivity index (χ4n) is 2.52. The summed E-state index contributed by atoms with van der Waals surface area (Å²) in [4.78, 5) is 11.9. The molecule has 24 heavy (non-hydrogen) atoms. The van der Waals surface area contributed by atoms with E-state index in [0.29, 0.717) is 12.2 Å². The SMILES string of the molecule is CC(C)NC(=O)c1ccc(COc2ccc3ccccc3c2)cc1. The van der Waals surface area contributed by atoms with Gasteiger partial charge in [-0.15, -0.1) is 0 Å². The predicted molar refractivity (Wildman–Crippen MR) is 97.3 cm³/mol. The number of nitrogens with one attached hydrogen (secondary N) is 1. The molecule has 0 saturated heterocycles. The van der Waals surface area contributed by atoms with E-state index >= 15 is 0 Å². The number of ether oxygens (including phenoxy) is 1. The fraction of sp³-hybridized carbons (Fsp3) is 0.190. The van der Waals surface area contributed by atoms with E-state index in [-0.39, 0.29) is 11.9 Å². The summed E-state index contributed by atoms with van der Waals surface area (Å²) in [7, 11) is 0. The number of fused-ring (bicyclic) bond motifs is 1. The second-order valence-corrected chi connectivity index (χ2v) is 6.12. The molecule has 0 aromatic heterocycles. The number of carbonyl (C=O) groups excluding carboxylic acids is 1. The molecule has 0 saturated carbocycles. The number of benzene rings is 3. The summed E-state index contributed by atoms with van der Waals surface area (Å²) in [6, 6.07) is 21.9. The van der Waals surface area contributed by atoms with E-state index < -0.39 is 0 Å². The highest BCUT2D eigenvalue weighted by molar-refractivity contribution is 5.94. The van der Waals surface area contributed by atoms with Gasteiger partial charge in [-0.3, -0.25) is 4.79 Å². The van der Waals surface area contributed by atoms with E-state index in [9.17, 15) is 4.79 Å². The van der Waals surface area contributed by atoms with Crippen LogP contribution >= 0.6 is 0 Å². The first-order valence-corrected chi connectivity index (χ1v) is 8.13. The Morgan fingerprint density at radius 2 is 1.67 bits per heavy atom. The van der Waals surface area contributed by atoms with Crippen molar-refractivity contribution < 1.29 is 9.53 Å². The zero-order valence-electron chi connectivity index (χ0n) is 14.0. The molecule has 3 heteroatoms. The molecule has 122 valence electrons. The molecule has 0 spiro atoms. The van der Waals surface area contributed by atoms with Gasteiger partial charge in [0.15, 0.2) is 0 Å². The lowest BCUT2D eigenvalue weighted by Crippen LogP contribution is -2.29. The lowest BCUT2D eigenvalue weighted by atomic mass is 10.1. The average molecular weight is 319 g/mol. The van der Waals surface area contributed by atoms with Gasteiger partial charge in [-0.05, 0) is 54.4 Å². The van der Waals surface area contributed by atoms with Crippen molar-refractivity contribution in [1.29, 1.82) is 0 Å². The topological polar surface area (TPSA) is 38.3 Å². The molecule has 0 radical (unpaired) electrons. The molecule has 3 nitrogen and oxygen atoms in total. The van der Waals surface area contributed by atoms with Crippen LogP contribution in [0.2, 0.25) is 0 Å². The van der Waals surface area contributed by atoms with Crippen LogP contribution in [0.5, 0.6) is 5.75 Å². The quantitative estimate of drug-likeness (QED) is 0.749. The highest BCUT2D eigenvalue weighted by Crippen LogP contribution is 2.21. The molecule has 0 atom stereocenters. The maximum absolute atomic E-state index is 11.9. The van der Waals surface area contributed by atoms with Crippen molar-refractivity contribution in [3.8, 4) is 5.75 Å². The second kappa shape index (κ2) is 7.18. The van der Waals surface area contributed by atoms with Crippen molar-refractivity contribution in [2.75, 3.05) is 0 Å². The Hall–Kier alpha value is -2.81. The normalized spacial score (nSPS) is 10.8. The molecule has 1 amide bonds. The van der Waals surface area contributed by atoms with Crippen molar-refractivity contribution in [2.45, 2.75) is 26.5 Å². The zero-order valence-corrected chi connectivity index (χ0v) is 14.0. The number of carbonyl (C=O) groups is 1. The third-order valence-corrected chi connectivity index (χ3v) is 3.76. The molecule has 3 rings (SSSR count). The molecule has 0 fully saturated rings. The second-order valence-electron chi connectivity index (χ2n) is 6.12. The standard InChI is InChI=1S/C21H21NO2/c1-15(2)22-21(23)18-9-7-16(8-10-18)14-24-20-12-11-17-5-3-4-6-19(17)13-20/h3-13,15H,14H2,1-2H3,(H,22,23). The van der Waals surface area contributed by atoms with Crippen molar-refractivity contribution in [3.05, 3.63) is 77.9 Å². The molecule has 0 aliphatic rings. The van der Waals surface area contributed by atoms with Crippen LogP contribution in [0.25, 0.3) is 10.8 Å². The maximum atomic E-state index is 11.9. The summed E-state index contributed by atoms with van der Waals surface area (Å²) in [6.07, 6.45) is 0. The van der Waals surface area contributed by atoms with E-state index in [0.717, 1.165) is 16.7 Å². The lowest BCUT2D eigenvalue weighted by Gasteiger charge is -2.10. The van der Waals surface area contributed by atoms with Crippen LogP contribution in [0.3, 0.4) is 0 Å². The Morgan fingerprint density at radius 3 is 2.38 bits per heavy atom. The third-order valence-electron chi connectivity index (χ3n) is 3.76. The number of hydrogen-bond donors (Lipinski definition) is 1. The van der Waals surface area contributed by atoms with Gasteiger partial charge in [0.1, 0.15) is 12.4 Å². The van der Waals surface area contributed by atoms with Crippen LogP contribution in [0.4, 0.5) is 0 Å². The molecule has 0 aliphatic heterocycles. The van der Waals surface area contributed by atoms with Gasteiger partial charge in [0.05, 0.1) is 0 Å². The van der Waals surface area contributed by atoms with Gasteiger partial charge in [-0.2, -0.15) is 0 Å². The Bertz CT molecular complexity index is 838. The summed E-state index contributed by atoms with van der Waals surface area (Å²) >= 11 is 0. The van der Waals surface area contributed by atoms with E-state index in [2.05, 4.69) is 23.5 Å². The van der Waals surface area contributed by atoms with Crippen LogP contribution in [-0.4, -0.2) is 11.9 Å². The summed E-state index contributed by atoms with van der Waals surface area (Å²) in [5.41, 5.74) is 1.70. The summed E-state index contributed by atoms with van der Waals surface area (Å²) in [5, 5.41) is 5.25. The minimum absolute atomic E-state index is 0.0491. The highest BCUT2D eigenvalue weighted by atomic mass is 16.5. The molecular formula is C21H21NO2. The van der Waals surface area contributed by atoms with E-state index in [1.807, 2.05) is 62.4 Å². The molecule has 0 aliphatic carbocycles. The van der Waals surface area contributed by atoms with Gasteiger partial charge in [0.2, 0.25) is 0 Å². The molecule has 1 N–H and O–H groups in total. The molecule has 0 bridgehead atoms. The number of amides is 1. The Kier molecular flexibility index (Phi) is 4.80. The van der Waals surface area contributed by atoms with Gasteiger partial charge in [-0.25, -0.2) is 0 Å². The lowest BCUT2D eigenvalue weighted by molar-refractivity contribution is 0.0943. The average Bonchev–Trinajstić information content (AvgIpc) is 2.59. The molecule has 3 aromatic rings. The van der Waals surface area contributed by atoms with Gasteiger partial charge >= 0.3 is 0 Å². The van der Waals surface area contributed by atoms with Crippen LogP contribution in [0.1, 0.15) is 29.8 Å². The van der Waals surface area contributed by atoms with E-state index in [1.165, 1.54) is 5.39 Å². The first kappa shape index (κ1) is 16.1. The van der Waals surface area contributed by atoms with Crippen molar-refractivity contribution in [3.63, 3.8) is 0 Å². The Morgan fingerprint density at radius 1 is 0.958 bits per heavy atom. The van der Waals surface area contributed by atoms with Crippen LogP contribution < -0.4 is 10.1 Å². The summed E-state index contributed by atoms with van der Waals surface area (Å²) in [6.45, 7) is 4.37. The fourth-order valence-corrected chi connectivity index (χ4v) is 2.52. The van der Waals surface area contributed by atoms with Crippen molar-refractivity contribution >= 4 is 16.7 Å². The third kappa shape index (κ3) is 3.93. The van der Waals surface area contributed by atoms with Gasteiger partial charge in [0, 0.05) is 11.6 Å². The maximum Gasteiger partial charge on any atom is 0.251 e. The van der Waals surface area contributed by atoms with E-state index in [1.54, 1.807) is 0 Å². The van der Waals surface area contributed by atoms with E-state index in [4.69, 9.17) is 4.74 Å². The predicted octanol–water partition coefficient (Wildman–Crippen LogP) is 4.56. The minimum Gasteiger partial charge on any atom is -0.489 e. The van der Waals surface area contributed by atoms with Crippen molar-refractivity contribution in [2.24, 2.45) is 0 Å². The van der Waals surface area contributed by atoms with Crippen LogP contribution in [0, 0.1) is 0 Å². The largest absolute Gasteiger partial charge is 0.489 e. The minimum atomic E-state index is -0.0491. The van der Waals surface area contributed by atoms with Crippen molar-refractivity contribution in [1.82, 2.24) is 5.32 Å². The molecular weight excluding hydrogens is 298 g/mol. The molecule has 0 unspecified atom stereocenters. The summed E-state index contributed by atoms with van der Waals surface area (Å²) < 4.78 is 5.86. The zero-order chi connectivity index (χ0) is 16.9. The number of rotatable bonds is 5. The van der Waals surface area contributed by atoms with Crippen LogP contribution in [-0.2, 0) is 6.61 Å². The molecule has 3 aromatic carbocycles. The highest BCUT2D eigenvalue weighted by Gasteiger charge is 2.06. The monoisotopic (exact) mass is 319 g/mol. The first-order chi connectivity index (χ1) is 11.6. The van der Waals surface area contributed by atoms with Gasteiger partial charge < -0.3 is 10.1 Å². The van der Waals surface area contributed by atoms with Gasteiger partial charge in [-0.1, -0.05) is 42.5 Å².